The van der Waals surface area contributed by atoms with E-state index < -0.39 is 12.0 Å². The molecular formula is C32H28Cl2N2O5S. The van der Waals surface area contributed by atoms with Crippen molar-refractivity contribution in [3.63, 3.8) is 0 Å². The molecule has 0 saturated heterocycles. The number of aromatic nitrogens is 1. The lowest BCUT2D eigenvalue weighted by Gasteiger charge is -2.25. The lowest BCUT2D eigenvalue weighted by molar-refractivity contribution is -0.136. The van der Waals surface area contributed by atoms with Crippen molar-refractivity contribution >= 4 is 46.6 Å². The van der Waals surface area contributed by atoms with E-state index in [1.165, 1.54) is 18.4 Å². The molecule has 7 nitrogen and oxygen atoms in total. The smallest absolute Gasteiger partial charge is 0.338 e. The van der Waals surface area contributed by atoms with Crippen LogP contribution < -0.4 is 24.4 Å². The lowest BCUT2D eigenvalue weighted by atomic mass is 9.95. The quantitative estimate of drug-likeness (QED) is 0.211. The maximum absolute atomic E-state index is 13.9. The molecule has 0 fully saturated rings. The van der Waals surface area contributed by atoms with Crippen molar-refractivity contribution in [2.24, 2.45) is 4.99 Å². The fourth-order valence-electron chi connectivity index (χ4n) is 4.81. The molecule has 1 aromatic heterocycles. The highest BCUT2D eigenvalue weighted by Crippen LogP contribution is 2.38. The van der Waals surface area contributed by atoms with Crippen LogP contribution in [-0.2, 0) is 16.1 Å². The van der Waals surface area contributed by atoms with Crippen molar-refractivity contribution in [3.05, 3.63) is 124 Å². The van der Waals surface area contributed by atoms with Gasteiger partial charge in [-0.3, -0.25) is 9.36 Å². The number of allylic oxidation sites excluding steroid dienone is 1. The largest absolute Gasteiger partial charge is 0.490 e. The van der Waals surface area contributed by atoms with Gasteiger partial charge in [-0.1, -0.05) is 90.0 Å². The molecule has 0 saturated carbocycles. The summed E-state index contributed by atoms with van der Waals surface area (Å²) in [5, 5.41) is 0.921. The van der Waals surface area contributed by atoms with Crippen molar-refractivity contribution in [1.82, 2.24) is 4.57 Å². The number of hydrogen-bond acceptors (Lipinski definition) is 7. The normalized spacial score (nSPS) is 14.8. The highest BCUT2D eigenvalue weighted by atomic mass is 35.5. The van der Waals surface area contributed by atoms with Gasteiger partial charge in [0.15, 0.2) is 16.3 Å². The van der Waals surface area contributed by atoms with E-state index in [0.717, 1.165) is 11.1 Å². The molecule has 1 atom stereocenters. The average Bonchev–Trinajstić information content (AvgIpc) is 3.30. The van der Waals surface area contributed by atoms with E-state index in [9.17, 15) is 9.59 Å². The highest BCUT2D eigenvalue weighted by molar-refractivity contribution is 7.07. The summed E-state index contributed by atoms with van der Waals surface area (Å²) >= 11 is 14.2. The number of rotatable bonds is 9. The number of thiazole rings is 1. The molecule has 0 spiro atoms. The zero-order valence-electron chi connectivity index (χ0n) is 23.2. The molecule has 0 unspecified atom stereocenters. The molecule has 0 N–H and O–H groups in total. The van der Waals surface area contributed by atoms with E-state index >= 15 is 0 Å². The fraction of sp³-hybridized carbons (Fsp3) is 0.219. The zero-order valence-corrected chi connectivity index (χ0v) is 25.6. The summed E-state index contributed by atoms with van der Waals surface area (Å²) in [7, 11) is 1.33. The van der Waals surface area contributed by atoms with Crippen LogP contribution in [0.1, 0.15) is 43.0 Å². The second-order valence-corrected chi connectivity index (χ2v) is 11.2. The number of fused-ring (bicyclic) bond motifs is 1. The third-order valence-corrected chi connectivity index (χ3v) is 8.36. The van der Waals surface area contributed by atoms with Gasteiger partial charge < -0.3 is 14.2 Å². The summed E-state index contributed by atoms with van der Waals surface area (Å²) in [5.74, 6) is 0.315. The number of halogens is 2. The molecule has 4 aromatic rings. The molecule has 1 aliphatic heterocycles. The Labute approximate surface area is 256 Å². The lowest BCUT2D eigenvalue weighted by Crippen LogP contribution is -2.40. The maximum Gasteiger partial charge on any atom is 0.338 e. The molecule has 0 radical (unpaired) electrons. The zero-order chi connectivity index (χ0) is 29.8. The topological polar surface area (TPSA) is 79.1 Å². The minimum atomic E-state index is -0.671. The average molecular weight is 624 g/mol. The Kier molecular flexibility index (Phi) is 9.16. The van der Waals surface area contributed by atoms with Gasteiger partial charge in [0.2, 0.25) is 0 Å². The molecule has 1 aliphatic rings. The van der Waals surface area contributed by atoms with Gasteiger partial charge in [-0.15, -0.1) is 0 Å². The van der Waals surface area contributed by atoms with Crippen molar-refractivity contribution in [2.75, 3.05) is 13.7 Å². The van der Waals surface area contributed by atoms with Crippen LogP contribution in [-0.4, -0.2) is 24.3 Å². The molecule has 3 aromatic carbocycles. The number of benzene rings is 3. The van der Waals surface area contributed by atoms with Gasteiger partial charge in [-0.2, -0.15) is 0 Å². The molecule has 2 heterocycles. The predicted molar refractivity (Wildman–Crippen MR) is 165 cm³/mol. The number of esters is 1. The van der Waals surface area contributed by atoms with Crippen LogP contribution in [0.2, 0.25) is 10.0 Å². The first-order valence-corrected chi connectivity index (χ1v) is 14.9. The Morgan fingerprint density at radius 1 is 1.02 bits per heavy atom. The Morgan fingerprint density at radius 3 is 2.45 bits per heavy atom. The van der Waals surface area contributed by atoms with E-state index in [2.05, 4.69) is 0 Å². The monoisotopic (exact) mass is 622 g/mol. The maximum atomic E-state index is 13.9. The van der Waals surface area contributed by atoms with Gasteiger partial charge in [0, 0.05) is 10.6 Å². The minimum absolute atomic E-state index is 0.208. The second kappa shape index (κ2) is 13.0. The summed E-state index contributed by atoms with van der Waals surface area (Å²) in [6.45, 7) is 4.38. The van der Waals surface area contributed by atoms with Gasteiger partial charge in [0.1, 0.15) is 6.61 Å². The molecule has 42 heavy (non-hydrogen) atoms. The number of nitrogens with zero attached hydrogens (tertiary/aromatic N) is 2. The summed E-state index contributed by atoms with van der Waals surface area (Å²) in [6, 6.07) is 19.6. The summed E-state index contributed by atoms with van der Waals surface area (Å²) in [4.78, 5) is 32.1. The van der Waals surface area contributed by atoms with Crippen molar-refractivity contribution in [3.8, 4) is 11.5 Å². The van der Waals surface area contributed by atoms with E-state index in [-0.39, 0.29) is 12.2 Å². The van der Waals surface area contributed by atoms with Crippen LogP contribution in [0.5, 0.6) is 11.5 Å². The van der Waals surface area contributed by atoms with E-state index in [4.69, 9.17) is 42.4 Å². The Bertz CT molecular complexity index is 1850. The Morgan fingerprint density at radius 2 is 1.76 bits per heavy atom. The van der Waals surface area contributed by atoms with Crippen molar-refractivity contribution in [2.45, 2.75) is 32.9 Å². The summed E-state index contributed by atoms with van der Waals surface area (Å²) in [5.41, 5.74) is 2.91. The number of hydrogen-bond donors (Lipinski definition) is 0. The van der Waals surface area contributed by atoms with Crippen LogP contribution in [0, 0.1) is 0 Å². The Balaban J connectivity index is 1.60. The third-order valence-electron chi connectivity index (χ3n) is 6.72. The first kappa shape index (κ1) is 29.6. The molecule has 0 aliphatic carbocycles. The second-order valence-electron chi connectivity index (χ2n) is 9.34. The van der Waals surface area contributed by atoms with E-state index in [1.807, 2.05) is 62.4 Å². The number of ether oxygens (including phenoxy) is 3. The SMILES string of the molecule is CCOc1cc(/C=c2\sc3n(c2=O)[C@@H](c2ccccc2)C(C(=O)OC)=C(CC)N=3)cc(Cl)c1OCc1ccccc1Cl. The molecule has 0 bridgehead atoms. The van der Waals surface area contributed by atoms with E-state index in [0.29, 0.717) is 60.7 Å². The first-order valence-electron chi connectivity index (χ1n) is 13.4. The third kappa shape index (κ3) is 5.88. The fourth-order valence-corrected chi connectivity index (χ4v) is 6.29. The van der Waals surface area contributed by atoms with Gasteiger partial charge in [0.25, 0.3) is 5.56 Å². The van der Waals surface area contributed by atoms with Crippen LogP contribution >= 0.6 is 34.5 Å². The number of carbonyl (C=O) groups excluding carboxylic acids is 1. The molecule has 10 heteroatoms. The first-order chi connectivity index (χ1) is 20.4. The summed E-state index contributed by atoms with van der Waals surface area (Å²) < 4.78 is 19.0. The van der Waals surface area contributed by atoms with Crippen molar-refractivity contribution < 1.29 is 19.0 Å². The number of carbonyl (C=O) groups is 1. The molecule has 5 rings (SSSR count). The summed E-state index contributed by atoms with van der Waals surface area (Å²) in [6.07, 6.45) is 2.24. The number of methoxy groups -OCH3 is 1. The van der Waals surface area contributed by atoms with E-state index in [1.54, 1.807) is 28.8 Å². The van der Waals surface area contributed by atoms with Gasteiger partial charge in [0.05, 0.1) is 40.6 Å². The molecule has 0 amide bonds. The molecular weight excluding hydrogens is 595 g/mol. The Hall–Kier alpha value is -3.85. The molecule has 216 valence electrons. The van der Waals surface area contributed by atoms with Crippen LogP contribution in [0.3, 0.4) is 0 Å². The highest BCUT2D eigenvalue weighted by Gasteiger charge is 2.33. The van der Waals surface area contributed by atoms with Gasteiger partial charge in [-0.05, 0) is 48.7 Å². The van der Waals surface area contributed by atoms with Crippen LogP contribution in [0.4, 0.5) is 0 Å². The standard InChI is InChI=1S/C32H28Cl2N2O5S/c1-4-24-27(31(38)39-3)28(20-11-7-6-8-12-20)36-30(37)26(42-32(36)35-24)17-19-15-23(34)29(25(16-19)40-5-2)41-18-21-13-9-10-14-22(21)33/h6-17,28H,4-5,18H2,1-3H3/b26-17-/t28-/m0/s1. The van der Waals surface area contributed by atoms with Crippen LogP contribution in [0.15, 0.2) is 87.8 Å². The van der Waals surface area contributed by atoms with Gasteiger partial charge in [-0.25, -0.2) is 9.79 Å². The predicted octanol–water partition coefficient (Wildman–Crippen LogP) is 6.08. The van der Waals surface area contributed by atoms with Crippen molar-refractivity contribution in [1.29, 1.82) is 0 Å². The minimum Gasteiger partial charge on any atom is -0.490 e. The van der Waals surface area contributed by atoms with Gasteiger partial charge >= 0.3 is 5.97 Å². The van der Waals surface area contributed by atoms with Crippen LogP contribution in [0.25, 0.3) is 6.08 Å².